The molecule has 0 bridgehead atoms. The van der Waals surface area contributed by atoms with Crippen molar-refractivity contribution in [2.45, 2.75) is 45.8 Å². The maximum Gasteiger partial charge on any atom is 0.270 e. The number of carbonyl (C=O) groups excluding carboxylic acids is 1. The van der Waals surface area contributed by atoms with Crippen LogP contribution in [0.3, 0.4) is 0 Å². The van der Waals surface area contributed by atoms with E-state index < -0.39 is 21.4 Å². The minimum atomic E-state index is -3.21. The van der Waals surface area contributed by atoms with E-state index in [4.69, 9.17) is 17.0 Å². The van der Waals surface area contributed by atoms with Gasteiger partial charge >= 0.3 is 0 Å². The molecule has 1 amide bonds. The third kappa shape index (κ3) is 5.50. The Morgan fingerprint density at radius 1 is 1.29 bits per heavy atom. The van der Waals surface area contributed by atoms with E-state index in [-0.39, 0.29) is 23.0 Å². The van der Waals surface area contributed by atoms with E-state index in [2.05, 4.69) is 5.32 Å². The van der Waals surface area contributed by atoms with Crippen molar-refractivity contribution in [3.05, 3.63) is 61.8 Å². The fourth-order valence-electron chi connectivity index (χ4n) is 4.62. The van der Waals surface area contributed by atoms with Crippen molar-refractivity contribution in [1.29, 1.82) is 5.26 Å². The van der Waals surface area contributed by atoms with Gasteiger partial charge in [0.1, 0.15) is 27.5 Å². The lowest BCUT2D eigenvalue weighted by molar-refractivity contribution is -0.123. The number of nitrogens with one attached hydrogen (secondary N) is 1. The fourth-order valence-corrected chi connectivity index (χ4v) is 7.71. The Bertz CT molecular complexity index is 1520. The summed E-state index contributed by atoms with van der Waals surface area (Å²) in [5.41, 5.74) is 1.56. The summed E-state index contributed by atoms with van der Waals surface area (Å²) in [4.78, 5) is 28.3. The van der Waals surface area contributed by atoms with Crippen LogP contribution in [0, 0.1) is 18.3 Å². The van der Waals surface area contributed by atoms with Crippen LogP contribution in [-0.2, 0) is 27.7 Å². The number of nitriles is 1. The van der Waals surface area contributed by atoms with Crippen LogP contribution in [0.4, 0.5) is 5.82 Å². The number of hydrogen-bond donors (Lipinski definition) is 1. The Morgan fingerprint density at radius 3 is 2.58 bits per heavy atom. The molecule has 2 aromatic rings. The standard InChI is InChI=1S/C26H28N4O5S3/c1-4-10-29-23(28-14-17-5-7-19(35-3)8-6-17)20(16(2)21(13-27)24(29)31)12-22-25(32)30(26(36)37-22)18-9-11-38(33,34)15-18/h5-8,12,18,28H,4,9-11,14-15H2,1-3H3/b22-12+. The summed E-state index contributed by atoms with van der Waals surface area (Å²) in [5, 5.41) is 13.1. The first-order valence-corrected chi connectivity index (χ1v) is 15.2. The third-order valence-corrected chi connectivity index (χ3v) is 9.69. The Morgan fingerprint density at radius 2 is 2.00 bits per heavy atom. The molecular formula is C26H28N4O5S3. The van der Waals surface area contributed by atoms with Crippen molar-refractivity contribution < 1.29 is 17.9 Å². The third-order valence-electron chi connectivity index (χ3n) is 6.61. The molecule has 1 unspecified atom stereocenters. The van der Waals surface area contributed by atoms with E-state index in [9.17, 15) is 23.3 Å². The first-order chi connectivity index (χ1) is 18.1. The number of aromatic nitrogens is 1. The zero-order valence-electron chi connectivity index (χ0n) is 21.3. The van der Waals surface area contributed by atoms with E-state index in [1.165, 1.54) is 9.47 Å². The lowest BCUT2D eigenvalue weighted by atomic mass is 10.0. The highest BCUT2D eigenvalue weighted by Gasteiger charge is 2.42. The number of ether oxygens (including phenoxy) is 1. The van der Waals surface area contributed by atoms with Crippen LogP contribution in [0.15, 0.2) is 34.0 Å². The number of anilines is 1. The number of methoxy groups -OCH3 is 1. The molecular weight excluding hydrogens is 545 g/mol. The number of carbonyl (C=O) groups is 1. The second-order valence-corrected chi connectivity index (χ2v) is 13.0. The molecule has 0 aliphatic carbocycles. The Labute approximate surface area is 231 Å². The van der Waals surface area contributed by atoms with Crippen molar-refractivity contribution in [2.24, 2.45) is 0 Å². The van der Waals surface area contributed by atoms with E-state index in [0.29, 0.717) is 52.1 Å². The topological polar surface area (TPSA) is 122 Å². The second kappa shape index (κ2) is 11.3. The molecule has 0 radical (unpaired) electrons. The molecule has 9 nitrogen and oxygen atoms in total. The number of thiocarbonyl (C=S) groups is 1. The number of amides is 1. The van der Waals surface area contributed by atoms with Gasteiger partial charge in [-0.3, -0.25) is 19.1 Å². The van der Waals surface area contributed by atoms with Crippen LogP contribution < -0.4 is 15.6 Å². The van der Waals surface area contributed by atoms with Gasteiger partial charge in [-0.05, 0) is 49.1 Å². The summed E-state index contributed by atoms with van der Waals surface area (Å²) in [6, 6.07) is 9.04. The van der Waals surface area contributed by atoms with Crippen molar-refractivity contribution in [2.75, 3.05) is 23.9 Å². The van der Waals surface area contributed by atoms with Crippen LogP contribution in [0.5, 0.6) is 5.75 Å². The molecule has 3 heterocycles. The van der Waals surface area contributed by atoms with Crippen LogP contribution >= 0.6 is 24.0 Å². The summed E-state index contributed by atoms with van der Waals surface area (Å²) in [6.45, 7) is 4.39. The molecule has 2 aliphatic heterocycles. The van der Waals surface area contributed by atoms with Gasteiger partial charge in [0, 0.05) is 18.7 Å². The predicted octanol–water partition coefficient (Wildman–Crippen LogP) is 3.45. The first-order valence-electron chi connectivity index (χ1n) is 12.1. The summed E-state index contributed by atoms with van der Waals surface area (Å²) < 4.78 is 31.1. The van der Waals surface area contributed by atoms with Gasteiger partial charge in [-0.1, -0.05) is 43.0 Å². The number of benzene rings is 1. The van der Waals surface area contributed by atoms with Crippen LogP contribution in [0.1, 0.15) is 42.0 Å². The molecule has 2 aliphatic rings. The minimum absolute atomic E-state index is 0.0112. The molecule has 4 rings (SSSR count). The first kappa shape index (κ1) is 27.9. The lowest BCUT2D eigenvalue weighted by Gasteiger charge is -2.21. The second-order valence-electron chi connectivity index (χ2n) is 9.14. The fraction of sp³-hybridized carbons (Fsp3) is 0.385. The van der Waals surface area contributed by atoms with Gasteiger partial charge < -0.3 is 10.1 Å². The summed E-state index contributed by atoms with van der Waals surface area (Å²) in [5.74, 6) is 0.774. The summed E-state index contributed by atoms with van der Waals surface area (Å²) >= 11 is 6.56. The van der Waals surface area contributed by atoms with Gasteiger partial charge in [-0.2, -0.15) is 5.26 Å². The zero-order valence-corrected chi connectivity index (χ0v) is 23.8. The van der Waals surface area contributed by atoms with Gasteiger partial charge in [-0.15, -0.1) is 0 Å². The molecule has 1 aromatic carbocycles. The van der Waals surface area contributed by atoms with E-state index in [0.717, 1.165) is 23.1 Å². The van der Waals surface area contributed by atoms with Crippen molar-refractivity contribution in [1.82, 2.24) is 9.47 Å². The molecule has 1 N–H and O–H groups in total. The Hall–Kier alpha value is -3.14. The van der Waals surface area contributed by atoms with Crippen molar-refractivity contribution in [3.8, 4) is 11.8 Å². The van der Waals surface area contributed by atoms with E-state index in [1.807, 2.05) is 37.3 Å². The molecule has 200 valence electrons. The molecule has 38 heavy (non-hydrogen) atoms. The Balaban J connectivity index is 1.77. The molecule has 2 fully saturated rings. The molecule has 0 saturated carbocycles. The monoisotopic (exact) mass is 572 g/mol. The number of nitrogens with zero attached hydrogens (tertiary/aromatic N) is 3. The maximum atomic E-state index is 13.4. The highest BCUT2D eigenvalue weighted by atomic mass is 32.2. The van der Waals surface area contributed by atoms with E-state index in [1.54, 1.807) is 20.1 Å². The largest absolute Gasteiger partial charge is 0.497 e. The predicted molar refractivity (Wildman–Crippen MR) is 153 cm³/mol. The SMILES string of the molecule is CCCn1c(NCc2ccc(OC)cc2)c(/C=C2/SC(=S)N(C3CCS(=O)(=O)C3)C2=O)c(C)c(C#N)c1=O. The zero-order chi connectivity index (χ0) is 27.6. The number of sulfone groups is 1. The van der Waals surface area contributed by atoms with E-state index >= 15 is 0 Å². The quantitative estimate of drug-likeness (QED) is 0.374. The van der Waals surface area contributed by atoms with Gasteiger partial charge in [0.25, 0.3) is 11.5 Å². The molecule has 2 saturated heterocycles. The summed E-state index contributed by atoms with van der Waals surface area (Å²) in [6.07, 6.45) is 2.65. The average Bonchev–Trinajstić information content (AvgIpc) is 3.38. The van der Waals surface area contributed by atoms with Crippen molar-refractivity contribution >= 4 is 55.9 Å². The lowest BCUT2D eigenvalue weighted by Crippen LogP contribution is -2.39. The molecule has 1 aromatic heterocycles. The molecule has 12 heteroatoms. The van der Waals surface area contributed by atoms with Gasteiger partial charge in [0.2, 0.25) is 0 Å². The smallest absolute Gasteiger partial charge is 0.270 e. The van der Waals surface area contributed by atoms with Crippen molar-refractivity contribution in [3.63, 3.8) is 0 Å². The Kier molecular flexibility index (Phi) is 8.30. The number of thioether (sulfide) groups is 1. The minimum Gasteiger partial charge on any atom is -0.497 e. The van der Waals surface area contributed by atoms with Crippen LogP contribution in [0.2, 0.25) is 0 Å². The van der Waals surface area contributed by atoms with Gasteiger partial charge in [-0.25, -0.2) is 8.42 Å². The number of rotatable bonds is 8. The normalized spacial score (nSPS) is 19.7. The highest BCUT2D eigenvalue weighted by molar-refractivity contribution is 8.26. The number of hydrogen-bond acceptors (Lipinski definition) is 9. The molecule has 0 spiro atoms. The average molecular weight is 573 g/mol. The molecule has 1 atom stereocenters. The summed E-state index contributed by atoms with van der Waals surface area (Å²) in [7, 11) is -1.61. The van der Waals surface area contributed by atoms with Crippen LogP contribution in [-0.4, -0.2) is 52.8 Å². The number of pyridine rings is 1. The maximum absolute atomic E-state index is 13.4. The van der Waals surface area contributed by atoms with Crippen LogP contribution in [0.25, 0.3) is 6.08 Å². The van der Waals surface area contributed by atoms with Gasteiger partial charge in [0.15, 0.2) is 9.84 Å². The van der Waals surface area contributed by atoms with Gasteiger partial charge in [0.05, 0.1) is 29.6 Å². The highest BCUT2D eigenvalue weighted by Crippen LogP contribution is 2.38.